The number of furan rings is 1. The number of amides is 1. The van der Waals surface area contributed by atoms with E-state index >= 15 is 0 Å². The number of carbonyl (C=O) groups excluding carboxylic acids is 1. The van der Waals surface area contributed by atoms with Crippen LogP contribution in [0.4, 0.5) is 5.13 Å². The second kappa shape index (κ2) is 8.33. The highest BCUT2D eigenvalue weighted by molar-refractivity contribution is 7.89. The summed E-state index contributed by atoms with van der Waals surface area (Å²) in [6, 6.07) is 10.9. The third-order valence-corrected chi connectivity index (χ3v) is 6.81. The lowest BCUT2D eigenvalue weighted by Crippen LogP contribution is -2.40. The Labute approximate surface area is 180 Å². The van der Waals surface area contributed by atoms with E-state index in [1.54, 1.807) is 20.8 Å². The fourth-order valence-electron chi connectivity index (χ4n) is 2.74. The first-order chi connectivity index (χ1) is 13.9. The first-order valence-electron chi connectivity index (χ1n) is 9.40. The van der Waals surface area contributed by atoms with Crippen LogP contribution in [0.25, 0.3) is 0 Å². The van der Waals surface area contributed by atoms with Crippen LogP contribution in [0.3, 0.4) is 0 Å². The quantitative estimate of drug-likeness (QED) is 0.587. The van der Waals surface area contributed by atoms with Crippen molar-refractivity contribution in [2.45, 2.75) is 51.7 Å². The summed E-state index contributed by atoms with van der Waals surface area (Å²) in [7, 11) is -3.85. The van der Waals surface area contributed by atoms with Gasteiger partial charge in [0, 0.05) is 16.8 Å². The minimum Gasteiger partial charge on any atom is -0.438 e. The molecule has 0 spiro atoms. The molecule has 160 valence electrons. The molecular weight excluding hydrogens is 422 g/mol. The van der Waals surface area contributed by atoms with Gasteiger partial charge < -0.3 is 4.42 Å². The number of rotatable bonds is 6. The van der Waals surface area contributed by atoms with Crippen molar-refractivity contribution in [2.24, 2.45) is 0 Å². The van der Waals surface area contributed by atoms with Crippen molar-refractivity contribution < 1.29 is 17.6 Å². The first-order valence-corrected chi connectivity index (χ1v) is 11.7. The van der Waals surface area contributed by atoms with E-state index in [0.717, 1.165) is 22.6 Å². The lowest BCUT2D eigenvalue weighted by Gasteiger charge is -2.18. The van der Waals surface area contributed by atoms with E-state index in [-0.39, 0.29) is 10.9 Å². The summed E-state index contributed by atoms with van der Waals surface area (Å²) in [5.41, 5.74) is 2.54. The van der Waals surface area contributed by atoms with Crippen LogP contribution >= 0.6 is 11.3 Å². The van der Waals surface area contributed by atoms with Crippen molar-refractivity contribution in [3.63, 3.8) is 0 Å². The van der Waals surface area contributed by atoms with Gasteiger partial charge in [-0.15, -0.1) is 11.3 Å². The van der Waals surface area contributed by atoms with Crippen molar-refractivity contribution in [3.8, 4) is 0 Å². The maximum Gasteiger partial charge on any atom is 0.293 e. The van der Waals surface area contributed by atoms with Gasteiger partial charge in [-0.25, -0.2) is 18.1 Å². The average Bonchev–Trinajstić information content (AvgIpc) is 3.23. The number of aromatic nitrogens is 1. The number of thiazole rings is 1. The summed E-state index contributed by atoms with van der Waals surface area (Å²) in [5.74, 6) is -0.653. The molecule has 1 aromatic carbocycles. The molecule has 0 bridgehead atoms. The number of aryl methyl sites for hydroxylation is 2. The normalized spacial score (nSPS) is 12.2. The van der Waals surface area contributed by atoms with Crippen LogP contribution in [0.2, 0.25) is 0 Å². The fraction of sp³-hybridized carbons (Fsp3) is 0.333. The van der Waals surface area contributed by atoms with E-state index in [1.165, 1.54) is 29.0 Å². The highest BCUT2D eigenvalue weighted by Gasteiger charge is 2.26. The Bertz CT molecular complexity index is 1150. The second-order valence-corrected chi connectivity index (χ2v) is 10.8. The molecule has 0 aliphatic rings. The summed E-state index contributed by atoms with van der Waals surface area (Å²) in [5, 5.41) is 2.82. The number of hydrogen-bond donors (Lipinski definition) is 2. The Kier molecular flexibility index (Phi) is 6.16. The molecule has 3 aromatic rings. The Morgan fingerprint density at radius 3 is 2.40 bits per heavy atom. The first kappa shape index (κ1) is 22.2. The lowest BCUT2D eigenvalue weighted by molar-refractivity contribution is 0.0991. The van der Waals surface area contributed by atoms with E-state index in [4.69, 9.17) is 4.42 Å². The molecule has 0 aliphatic carbocycles. The Morgan fingerprint density at radius 1 is 1.10 bits per heavy atom. The molecular formula is C21H25N3O4S2. The molecule has 0 radical (unpaired) electrons. The summed E-state index contributed by atoms with van der Waals surface area (Å²) in [6.07, 6.45) is 0.723. The number of nitrogens with one attached hydrogen (secondary N) is 2. The van der Waals surface area contributed by atoms with Crippen molar-refractivity contribution in [1.29, 1.82) is 0 Å². The predicted octanol–water partition coefficient (Wildman–Crippen LogP) is 4.27. The van der Waals surface area contributed by atoms with Crippen LogP contribution in [0, 0.1) is 13.8 Å². The molecule has 0 saturated heterocycles. The van der Waals surface area contributed by atoms with Gasteiger partial charge in [-0.2, -0.15) is 0 Å². The Morgan fingerprint density at radius 2 is 1.77 bits per heavy atom. The molecule has 0 saturated carbocycles. The van der Waals surface area contributed by atoms with Gasteiger partial charge in [0.15, 0.2) is 10.9 Å². The Balaban J connectivity index is 1.71. The van der Waals surface area contributed by atoms with Crippen molar-refractivity contribution >= 4 is 32.4 Å². The molecule has 0 aliphatic heterocycles. The largest absolute Gasteiger partial charge is 0.438 e. The topological polar surface area (TPSA) is 101 Å². The van der Waals surface area contributed by atoms with Gasteiger partial charge in [0.25, 0.3) is 15.9 Å². The third kappa shape index (κ3) is 5.56. The molecule has 0 unspecified atom stereocenters. The molecule has 1 amide bonds. The molecule has 2 N–H and O–H groups in total. The minimum absolute atomic E-state index is 0.0998. The molecule has 2 aromatic heterocycles. The van der Waals surface area contributed by atoms with Gasteiger partial charge in [0.1, 0.15) is 0 Å². The van der Waals surface area contributed by atoms with Crippen molar-refractivity contribution in [1.82, 2.24) is 9.71 Å². The highest BCUT2D eigenvalue weighted by Crippen LogP contribution is 2.26. The zero-order valence-corrected chi connectivity index (χ0v) is 19.2. The monoisotopic (exact) mass is 447 g/mol. The zero-order chi connectivity index (χ0) is 22.1. The van der Waals surface area contributed by atoms with E-state index in [0.29, 0.717) is 5.13 Å². The summed E-state index contributed by atoms with van der Waals surface area (Å²) >= 11 is 1.39. The van der Waals surface area contributed by atoms with Gasteiger partial charge in [0.05, 0.1) is 5.69 Å². The number of nitrogens with zero attached hydrogens (tertiary/aromatic N) is 1. The molecule has 2 heterocycles. The predicted molar refractivity (Wildman–Crippen MR) is 118 cm³/mol. The lowest BCUT2D eigenvalue weighted by atomic mass is 10.1. The van der Waals surface area contributed by atoms with E-state index in [2.05, 4.69) is 39.3 Å². The van der Waals surface area contributed by atoms with Crippen molar-refractivity contribution in [2.75, 3.05) is 5.32 Å². The van der Waals surface area contributed by atoms with Crippen LogP contribution < -0.4 is 10.0 Å². The standard InChI is InChI=1S/C21H25N3O4S2/c1-13-6-8-15(9-7-13)12-17-14(2)22-20(29-17)23-19(25)16-10-11-18(28-16)30(26,27)24-21(3,4)5/h6-11,24H,12H2,1-5H3,(H,22,23,25). The molecule has 7 nitrogen and oxygen atoms in total. The highest BCUT2D eigenvalue weighted by atomic mass is 32.2. The summed E-state index contributed by atoms with van der Waals surface area (Å²) in [6.45, 7) is 9.10. The Hall–Kier alpha value is -2.49. The van der Waals surface area contributed by atoms with Crippen LogP contribution in [-0.2, 0) is 16.4 Å². The van der Waals surface area contributed by atoms with Gasteiger partial charge in [-0.1, -0.05) is 29.8 Å². The number of sulfonamides is 1. The van der Waals surface area contributed by atoms with Crippen LogP contribution in [-0.4, -0.2) is 24.8 Å². The van der Waals surface area contributed by atoms with Crippen LogP contribution in [0.15, 0.2) is 45.9 Å². The molecule has 9 heteroatoms. The molecule has 0 atom stereocenters. The summed E-state index contributed by atoms with van der Waals surface area (Å²) < 4.78 is 32.4. The van der Waals surface area contributed by atoms with Gasteiger partial charge in [-0.05, 0) is 52.3 Å². The van der Waals surface area contributed by atoms with Crippen LogP contribution in [0.1, 0.15) is 53.0 Å². The second-order valence-electron chi connectivity index (χ2n) is 8.12. The smallest absolute Gasteiger partial charge is 0.293 e. The van der Waals surface area contributed by atoms with Crippen molar-refractivity contribution in [3.05, 3.63) is 63.9 Å². The van der Waals surface area contributed by atoms with Gasteiger partial charge in [0.2, 0.25) is 5.09 Å². The van der Waals surface area contributed by atoms with E-state index in [1.807, 2.05) is 13.8 Å². The fourth-order valence-corrected chi connectivity index (χ4v) is 5.08. The van der Waals surface area contributed by atoms with E-state index < -0.39 is 21.5 Å². The maximum atomic E-state index is 12.5. The number of benzene rings is 1. The molecule has 3 rings (SSSR count). The van der Waals surface area contributed by atoms with E-state index in [9.17, 15) is 13.2 Å². The number of anilines is 1. The summed E-state index contributed by atoms with van der Waals surface area (Å²) in [4.78, 5) is 18.0. The number of carbonyl (C=O) groups is 1. The third-order valence-electron chi connectivity index (χ3n) is 4.11. The molecule has 0 fully saturated rings. The average molecular weight is 448 g/mol. The number of hydrogen-bond acceptors (Lipinski definition) is 6. The van der Waals surface area contributed by atoms with Gasteiger partial charge >= 0.3 is 0 Å². The zero-order valence-electron chi connectivity index (χ0n) is 17.6. The maximum absolute atomic E-state index is 12.5. The molecule has 30 heavy (non-hydrogen) atoms. The minimum atomic E-state index is -3.85. The van der Waals surface area contributed by atoms with Gasteiger partial charge in [-0.3, -0.25) is 10.1 Å². The van der Waals surface area contributed by atoms with Crippen LogP contribution in [0.5, 0.6) is 0 Å². The SMILES string of the molecule is Cc1ccc(Cc2sc(NC(=O)c3ccc(S(=O)(=O)NC(C)(C)C)o3)nc2C)cc1.